The minimum atomic E-state index is -0.977. The molecule has 3 N–H and O–H groups in total. The lowest BCUT2D eigenvalue weighted by atomic mass is 9.98. The lowest BCUT2D eigenvalue weighted by Gasteiger charge is -2.34. The smallest absolute Gasteiger partial charge is 0.246 e. The van der Waals surface area contributed by atoms with E-state index >= 15 is 0 Å². The van der Waals surface area contributed by atoms with Crippen molar-refractivity contribution in [3.63, 3.8) is 0 Å². The van der Waals surface area contributed by atoms with Crippen LogP contribution in [0.25, 0.3) is 11.1 Å². The molecule has 3 amide bonds. The maximum absolute atomic E-state index is 14.3. The first-order valence-electron chi connectivity index (χ1n) is 15.5. The molecule has 0 saturated carbocycles. The Morgan fingerprint density at radius 2 is 1.39 bits per heavy atom. The summed E-state index contributed by atoms with van der Waals surface area (Å²) in [5, 5.41) is 15.7. The summed E-state index contributed by atoms with van der Waals surface area (Å²) in [6.45, 7) is 5.60. The first kappa shape index (κ1) is 36.1. The standard InChI is InChI=1S/C37H47FN4O4/c1-26(43)25-40-35(45)32(23-28-16-20-31(38)21-17-28)42(6)36(46)33(41(5)34(44)13-10-22-37(2,3)39-4)24-27-14-18-30(19-15-27)29-11-8-7-9-12-29/h7-21,26,32-33,39,43H,22-25H2,1-6H3,(H,40,45)/t26-,32-,33-/m1/s1. The number of halogens is 1. The largest absolute Gasteiger partial charge is 0.392 e. The van der Waals surface area contributed by atoms with Gasteiger partial charge in [0.2, 0.25) is 17.7 Å². The second kappa shape index (κ2) is 16.8. The van der Waals surface area contributed by atoms with Crippen molar-refractivity contribution in [3.05, 3.63) is 108 Å². The molecule has 246 valence electrons. The van der Waals surface area contributed by atoms with Gasteiger partial charge in [-0.1, -0.05) is 72.8 Å². The Labute approximate surface area is 272 Å². The van der Waals surface area contributed by atoms with E-state index < -0.39 is 35.8 Å². The summed E-state index contributed by atoms with van der Waals surface area (Å²) >= 11 is 0. The van der Waals surface area contributed by atoms with Crippen molar-refractivity contribution in [2.45, 2.75) is 63.8 Å². The van der Waals surface area contributed by atoms with Crippen molar-refractivity contribution in [2.24, 2.45) is 0 Å². The number of benzene rings is 3. The summed E-state index contributed by atoms with van der Waals surface area (Å²) in [6, 6.07) is 21.6. The van der Waals surface area contributed by atoms with Crippen molar-refractivity contribution in [3.8, 4) is 11.1 Å². The van der Waals surface area contributed by atoms with E-state index in [1.165, 1.54) is 35.1 Å². The van der Waals surface area contributed by atoms with Crippen LogP contribution in [0.2, 0.25) is 0 Å². The molecule has 3 rings (SSSR count). The maximum Gasteiger partial charge on any atom is 0.246 e. The normalized spacial score (nSPS) is 13.6. The number of carbonyl (C=O) groups excluding carboxylic acids is 3. The third-order valence-electron chi connectivity index (χ3n) is 8.19. The molecule has 0 aromatic heterocycles. The molecule has 3 aromatic rings. The lowest BCUT2D eigenvalue weighted by molar-refractivity contribution is -0.146. The van der Waals surface area contributed by atoms with Crippen molar-refractivity contribution < 1.29 is 23.9 Å². The summed E-state index contributed by atoms with van der Waals surface area (Å²) < 4.78 is 13.6. The van der Waals surface area contributed by atoms with Gasteiger partial charge in [0.1, 0.15) is 17.9 Å². The summed E-state index contributed by atoms with van der Waals surface area (Å²) in [6.07, 6.45) is 3.41. The van der Waals surface area contributed by atoms with Gasteiger partial charge in [0, 0.05) is 39.0 Å². The molecule has 0 saturated heterocycles. The first-order valence-corrected chi connectivity index (χ1v) is 15.5. The second-order valence-electron chi connectivity index (χ2n) is 12.4. The fourth-order valence-electron chi connectivity index (χ4n) is 4.91. The molecule has 9 heteroatoms. The molecular weight excluding hydrogens is 583 g/mol. The number of amides is 3. The second-order valence-corrected chi connectivity index (χ2v) is 12.4. The molecule has 8 nitrogen and oxygen atoms in total. The van der Waals surface area contributed by atoms with Crippen molar-refractivity contribution in [1.29, 1.82) is 0 Å². The van der Waals surface area contributed by atoms with Gasteiger partial charge in [0.25, 0.3) is 0 Å². The molecule has 0 radical (unpaired) electrons. The fraction of sp³-hybridized carbons (Fsp3) is 0.378. The Hall–Kier alpha value is -4.34. The molecule has 0 aliphatic carbocycles. The number of nitrogens with one attached hydrogen (secondary N) is 2. The Kier molecular flexibility index (Phi) is 13.2. The number of hydrogen-bond acceptors (Lipinski definition) is 5. The van der Waals surface area contributed by atoms with Crippen LogP contribution in [0.15, 0.2) is 91.0 Å². The van der Waals surface area contributed by atoms with Gasteiger partial charge in [-0.2, -0.15) is 0 Å². The summed E-state index contributed by atoms with van der Waals surface area (Å²) in [5.74, 6) is -1.64. The molecule has 0 aliphatic rings. The summed E-state index contributed by atoms with van der Waals surface area (Å²) in [4.78, 5) is 43.9. The van der Waals surface area contributed by atoms with E-state index in [4.69, 9.17) is 0 Å². The van der Waals surface area contributed by atoms with Gasteiger partial charge in [-0.25, -0.2) is 4.39 Å². The third-order valence-corrected chi connectivity index (χ3v) is 8.19. The fourth-order valence-corrected chi connectivity index (χ4v) is 4.91. The van der Waals surface area contributed by atoms with Crippen LogP contribution in [0.5, 0.6) is 0 Å². The third kappa shape index (κ3) is 10.6. The van der Waals surface area contributed by atoms with Crippen LogP contribution in [0.1, 0.15) is 38.3 Å². The molecule has 0 spiro atoms. The van der Waals surface area contributed by atoms with Crippen LogP contribution >= 0.6 is 0 Å². The average Bonchev–Trinajstić information content (AvgIpc) is 3.05. The van der Waals surface area contributed by atoms with Crippen LogP contribution in [0.3, 0.4) is 0 Å². The van der Waals surface area contributed by atoms with E-state index in [1.807, 2.05) is 75.5 Å². The van der Waals surface area contributed by atoms with E-state index in [0.29, 0.717) is 12.0 Å². The van der Waals surface area contributed by atoms with Gasteiger partial charge in [-0.3, -0.25) is 14.4 Å². The van der Waals surface area contributed by atoms with Gasteiger partial charge < -0.3 is 25.5 Å². The van der Waals surface area contributed by atoms with E-state index in [-0.39, 0.29) is 30.8 Å². The van der Waals surface area contributed by atoms with E-state index in [0.717, 1.165) is 16.7 Å². The topological polar surface area (TPSA) is 102 Å². The van der Waals surface area contributed by atoms with Crippen LogP contribution in [-0.4, -0.2) is 84.0 Å². The van der Waals surface area contributed by atoms with Gasteiger partial charge >= 0.3 is 0 Å². The number of nitrogens with zero attached hydrogens (tertiary/aromatic N) is 2. The maximum atomic E-state index is 14.3. The Bertz CT molecular complexity index is 1460. The Morgan fingerprint density at radius 1 is 0.848 bits per heavy atom. The monoisotopic (exact) mass is 630 g/mol. The molecule has 0 aliphatic heterocycles. The summed E-state index contributed by atoms with van der Waals surface area (Å²) in [5.41, 5.74) is 3.39. The first-order chi connectivity index (χ1) is 21.8. The average molecular weight is 631 g/mol. The van der Waals surface area contributed by atoms with E-state index in [2.05, 4.69) is 10.6 Å². The molecule has 46 heavy (non-hydrogen) atoms. The van der Waals surface area contributed by atoms with Crippen molar-refractivity contribution >= 4 is 17.7 Å². The predicted molar refractivity (Wildman–Crippen MR) is 180 cm³/mol. The quantitative estimate of drug-likeness (QED) is 0.217. The zero-order chi connectivity index (χ0) is 33.9. The Balaban J connectivity index is 1.93. The minimum absolute atomic E-state index is 0.00409. The van der Waals surface area contributed by atoms with Gasteiger partial charge in [0.15, 0.2) is 0 Å². The number of aliphatic hydroxyl groups excluding tert-OH is 1. The molecule has 0 unspecified atom stereocenters. The predicted octanol–water partition coefficient (Wildman–Crippen LogP) is 4.37. The molecule has 3 atom stereocenters. The number of hydrogen-bond donors (Lipinski definition) is 3. The molecule has 0 fully saturated rings. The van der Waals surface area contributed by atoms with Gasteiger partial charge in [-0.15, -0.1) is 0 Å². The number of carbonyl (C=O) groups is 3. The van der Waals surface area contributed by atoms with E-state index in [1.54, 1.807) is 32.2 Å². The zero-order valence-corrected chi connectivity index (χ0v) is 27.7. The minimum Gasteiger partial charge on any atom is -0.392 e. The highest BCUT2D eigenvalue weighted by atomic mass is 19.1. The highest BCUT2D eigenvalue weighted by molar-refractivity contribution is 5.95. The SMILES string of the molecule is CNC(C)(C)CC=CC(=O)N(C)[C@H](Cc1ccc(-c2ccccc2)cc1)C(=O)N(C)[C@H](Cc1ccc(F)cc1)C(=O)NC[C@@H](C)O. The van der Waals surface area contributed by atoms with Crippen LogP contribution in [0.4, 0.5) is 4.39 Å². The van der Waals surface area contributed by atoms with Crippen LogP contribution in [0, 0.1) is 5.82 Å². The molecule has 0 heterocycles. The highest BCUT2D eigenvalue weighted by Crippen LogP contribution is 2.22. The van der Waals surface area contributed by atoms with Gasteiger partial charge in [0.05, 0.1) is 6.10 Å². The van der Waals surface area contributed by atoms with Crippen molar-refractivity contribution in [1.82, 2.24) is 20.4 Å². The molecule has 0 bridgehead atoms. The molecule has 3 aromatic carbocycles. The highest BCUT2D eigenvalue weighted by Gasteiger charge is 2.35. The van der Waals surface area contributed by atoms with Gasteiger partial charge in [-0.05, 0) is 74.7 Å². The van der Waals surface area contributed by atoms with Crippen molar-refractivity contribution in [2.75, 3.05) is 27.7 Å². The van der Waals surface area contributed by atoms with Crippen LogP contribution < -0.4 is 10.6 Å². The lowest BCUT2D eigenvalue weighted by Crippen LogP contribution is -2.56. The number of likely N-dealkylation sites (N-methyl/N-ethyl adjacent to an activating group) is 2. The Morgan fingerprint density at radius 3 is 1.96 bits per heavy atom. The summed E-state index contributed by atoms with van der Waals surface area (Å²) in [7, 11) is 4.98. The number of rotatable bonds is 15. The van der Waals surface area contributed by atoms with Crippen LogP contribution in [-0.2, 0) is 27.2 Å². The number of aliphatic hydroxyl groups is 1. The van der Waals surface area contributed by atoms with E-state index in [9.17, 15) is 23.9 Å². The zero-order valence-electron chi connectivity index (χ0n) is 27.7. The molecular formula is C37H47FN4O4.